The summed E-state index contributed by atoms with van der Waals surface area (Å²) in [6, 6.07) is 0. The van der Waals surface area contributed by atoms with Gasteiger partial charge in [0.05, 0.1) is 0 Å². The zero-order chi connectivity index (χ0) is 6.69. The van der Waals surface area contributed by atoms with Crippen molar-refractivity contribution in [1.82, 2.24) is 0 Å². The Morgan fingerprint density at radius 3 is 2.67 bits per heavy atom. The summed E-state index contributed by atoms with van der Waals surface area (Å²) in [5.74, 6) is 2.58. The Labute approximate surface area is 60.2 Å². The van der Waals surface area contributed by atoms with E-state index in [1.165, 1.54) is 0 Å². The van der Waals surface area contributed by atoms with Crippen LogP contribution >= 0.6 is 11.6 Å². The molecule has 1 heteroatoms. The molecule has 0 fully saturated rings. The highest BCUT2D eigenvalue weighted by molar-refractivity contribution is 6.29. The minimum absolute atomic E-state index is 0.897. The van der Waals surface area contributed by atoms with E-state index in [2.05, 4.69) is 5.92 Å². The maximum atomic E-state index is 5.69. The molecule has 1 aliphatic rings. The van der Waals surface area contributed by atoms with Crippen LogP contribution in [0.15, 0.2) is 22.8 Å². The molecule has 0 radical (unpaired) electrons. The molecule has 0 saturated carbocycles. The van der Waals surface area contributed by atoms with Gasteiger partial charge in [0.15, 0.2) is 0 Å². The average Bonchev–Trinajstić information content (AvgIpc) is 1.90. The van der Waals surface area contributed by atoms with E-state index in [0.717, 1.165) is 23.4 Å². The first-order chi connectivity index (χ1) is 4.33. The predicted octanol–water partition coefficient (Wildman–Crippen LogP) is 2.46. The van der Waals surface area contributed by atoms with E-state index in [-0.39, 0.29) is 0 Å². The summed E-state index contributed by atoms with van der Waals surface area (Å²) in [6.45, 7) is 0. The van der Waals surface area contributed by atoms with Gasteiger partial charge >= 0.3 is 0 Å². The van der Waals surface area contributed by atoms with Crippen molar-refractivity contribution in [2.75, 3.05) is 0 Å². The molecule has 0 nitrogen and oxygen atoms in total. The minimum atomic E-state index is 0.897. The third-order valence-corrected chi connectivity index (χ3v) is 1.60. The van der Waals surface area contributed by atoms with Crippen molar-refractivity contribution in [3.63, 3.8) is 0 Å². The second kappa shape index (κ2) is 2.75. The highest BCUT2D eigenvalue weighted by Gasteiger charge is 2.00. The Kier molecular flexibility index (Phi) is 1.97. The molecule has 0 bridgehead atoms. The van der Waals surface area contributed by atoms with E-state index in [1.807, 2.05) is 12.2 Å². The molecule has 0 atom stereocenters. The molecule has 9 heavy (non-hydrogen) atoms. The fourth-order valence-corrected chi connectivity index (χ4v) is 0.890. The molecular weight excluding hydrogens is 132 g/mol. The second-order valence-corrected chi connectivity index (χ2v) is 2.44. The van der Waals surface area contributed by atoms with Crippen LogP contribution in [0.5, 0.6) is 0 Å². The zero-order valence-electron chi connectivity index (χ0n) is 5.02. The quantitative estimate of drug-likeness (QED) is 0.451. The average molecular weight is 139 g/mol. The van der Waals surface area contributed by atoms with Crippen LogP contribution in [0.1, 0.15) is 12.8 Å². The molecule has 1 aliphatic carbocycles. The standard InChI is InChI=1S/C8H7Cl/c1-2-7-3-5-8(9)6-4-7/h1,3,5H,4,6H2. The molecular formula is C8H7Cl. The second-order valence-electron chi connectivity index (χ2n) is 1.95. The molecule has 0 unspecified atom stereocenters. The Hall–Kier alpha value is -0.670. The normalized spacial score (nSPS) is 17.8. The summed E-state index contributed by atoms with van der Waals surface area (Å²) >= 11 is 5.69. The Bertz CT molecular complexity index is 203. The maximum Gasteiger partial charge on any atom is 0.0184 e. The first-order valence-electron chi connectivity index (χ1n) is 2.85. The summed E-state index contributed by atoms with van der Waals surface area (Å²) in [5, 5.41) is 0.897. The smallest absolute Gasteiger partial charge is 0.0184 e. The van der Waals surface area contributed by atoms with Gasteiger partial charge in [0, 0.05) is 10.6 Å². The van der Waals surface area contributed by atoms with Crippen LogP contribution < -0.4 is 0 Å². The lowest BCUT2D eigenvalue weighted by Crippen LogP contribution is -1.85. The number of hydrogen-bond donors (Lipinski definition) is 0. The number of terminal acetylenes is 1. The van der Waals surface area contributed by atoms with Crippen LogP contribution in [0.2, 0.25) is 0 Å². The van der Waals surface area contributed by atoms with Gasteiger partial charge in [-0.15, -0.1) is 6.42 Å². The Morgan fingerprint density at radius 1 is 1.44 bits per heavy atom. The van der Waals surface area contributed by atoms with Crippen LogP contribution in [-0.2, 0) is 0 Å². The van der Waals surface area contributed by atoms with Gasteiger partial charge in [0.25, 0.3) is 0 Å². The Morgan fingerprint density at radius 2 is 2.22 bits per heavy atom. The number of hydrogen-bond acceptors (Lipinski definition) is 0. The van der Waals surface area contributed by atoms with Crippen molar-refractivity contribution < 1.29 is 0 Å². The van der Waals surface area contributed by atoms with Crippen LogP contribution in [-0.4, -0.2) is 0 Å². The van der Waals surface area contributed by atoms with Crippen molar-refractivity contribution >= 4 is 11.6 Å². The van der Waals surface area contributed by atoms with E-state index < -0.39 is 0 Å². The Balaban J connectivity index is 2.73. The van der Waals surface area contributed by atoms with E-state index in [4.69, 9.17) is 18.0 Å². The lowest BCUT2D eigenvalue weighted by atomic mass is 10.1. The number of halogens is 1. The van der Waals surface area contributed by atoms with Gasteiger partial charge < -0.3 is 0 Å². The third kappa shape index (κ3) is 1.62. The van der Waals surface area contributed by atoms with E-state index in [1.54, 1.807) is 0 Å². The topological polar surface area (TPSA) is 0 Å². The van der Waals surface area contributed by atoms with Crippen molar-refractivity contribution in [3.05, 3.63) is 22.8 Å². The first kappa shape index (κ1) is 6.45. The molecule has 0 amide bonds. The van der Waals surface area contributed by atoms with Crippen LogP contribution in [0.4, 0.5) is 0 Å². The number of rotatable bonds is 0. The van der Waals surface area contributed by atoms with Crippen LogP contribution in [0.3, 0.4) is 0 Å². The van der Waals surface area contributed by atoms with Gasteiger partial charge in [-0.3, -0.25) is 0 Å². The highest BCUT2D eigenvalue weighted by Crippen LogP contribution is 2.19. The van der Waals surface area contributed by atoms with E-state index in [9.17, 15) is 0 Å². The fourth-order valence-electron chi connectivity index (χ4n) is 0.732. The molecule has 0 saturated heterocycles. The van der Waals surface area contributed by atoms with Crippen molar-refractivity contribution in [2.45, 2.75) is 12.8 Å². The van der Waals surface area contributed by atoms with Gasteiger partial charge in [-0.1, -0.05) is 17.5 Å². The molecule has 0 N–H and O–H groups in total. The molecule has 0 aliphatic heterocycles. The fraction of sp³-hybridized carbons (Fsp3) is 0.250. The monoisotopic (exact) mass is 138 g/mol. The number of allylic oxidation sites excluding steroid dienone is 4. The van der Waals surface area contributed by atoms with Gasteiger partial charge in [-0.05, 0) is 25.0 Å². The minimum Gasteiger partial charge on any atom is -0.115 e. The SMILES string of the molecule is C#CC1=CC=C(Cl)CC1. The molecule has 1 rings (SSSR count). The van der Waals surface area contributed by atoms with Crippen LogP contribution in [0, 0.1) is 12.3 Å². The lowest BCUT2D eigenvalue weighted by Gasteiger charge is -2.03. The van der Waals surface area contributed by atoms with Gasteiger partial charge in [0.2, 0.25) is 0 Å². The van der Waals surface area contributed by atoms with Crippen molar-refractivity contribution in [2.24, 2.45) is 0 Å². The lowest BCUT2D eigenvalue weighted by molar-refractivity contribution is 0.983. The van der Waals surface area contributed by atoms with Crippen molar-refractivity contribution in [3.8, 4) is 12.3 Å². The van der Waals surface area contributed by atoms with E-state index in [0.29, 0.717) is 0 Å². The summed E-state index contributed by atoms with van der Waals surface area (Å²) in [6.07, 6.45) is 10.7. The zero-order valence-corrected chi connectivity index (χ0v) is 5.78. The summed E-state index contributed by atoms with van der Waals surface area (Å²) in [5.41, 5.74) is 1.04. The molecule has 46 valence electrons. The predicted molar refractivity (Wildman–Crippen MR) is 40.1 cm³/mol. The molecule has 0 heterocycles. The first-order valence-corrected chi connectivity index (χ1v) is 3.22. The molecule has 0 aromatic heterocycles. The molecule has 0 aromatic rings. The van der Waals surface area contributed by atoms with Gasteiger partial charge in [-0.25, -0.2) is 0 Å². The summed E-state index contributed by atoms with van der Waals surface area (Å²) in [4.78, 5) is 0. The largest absolute Gasteiger partial charge is 0.115 e. The molecule has 0 aromatic carbocycles. The van der Waals surface area contributed by atoms with Gasteiger partial charge in [-0.2, -0.15) is 0 Å². The molecule has 0 spiro atoms. The van der Waals surface area contributed by atoms with Gasteiger partial charge in [0.1, 0.15) is 0 Å². The van der Waals surface area contributed by atoms with Crippen molar-refractivity contribution in [1.29, 1.82) is 0 Å². The van der Waals surface area contributed by atoms with Crippen LogP contribution in [0.25, 0.3) is 0 Å². The summed E-state index contributed by atoms with van der Waals surface area (Å²) in [7, 11) is 0. The maximum absolute atomic E-state index is 5.69. The highest BCUT2D eigenvalue weighted by atomic mass is 35.5. The van der Waals surface area contributed by atoms with E-state index >= 15 is 0 Å². The summed E-state index contributed by atoms with van der Waals surface area (Å²) < 4.78 is 0. The third-order valence-electron chi connectivity index (χ3n) is 1.28.